The maximum Gasteiger partial charge on any atom is 0.376 e. The van der Waals surface area contributed by atoms with Crippen molar-refractivity contribution < 1.29 is 40.9 Å². The monoisotopic (exact) mass is 1030 g/mol. The zero-order valence-electron chi connectivity index (χ0n) is 39.6. The van der Waals surface area contributed by atoms with E-state index in [4.69, 9.17) is 16.6 Å². The largest absolute Gasteiger partial charge is 0.437 e. The molecule has 32 heteroatoms. The molecule has 4 saturated heterocycles. The topological polar surface area (TPSA) is 328 Å². The van der Waals surface area contributed by atoms with Crippen LogP contribution in [0.1, 0.15) is 8.85 Å². The Kier molecular flexibility index (Phi) is 27.4. The van der Waals surface area contributed by atoms with Crippen molar-refractivity contribution >= 4 is 73.0 Å². The summed E-state index contributed by atoms with van der Waals surface area (Å²) in [5, 5.41) is 77.1. The molecule has 0 atom stereocenters. The number of rotatable bonds is 10. The van der Waals surface area contributed by atoms with Crippen LogP contribution < -0.4 is 25.3 Å². The smallest absolute Gasteiger partial charge is 0.376 e. The maximum absolute atomic E-state index is 10.9. The Morgan fingerprint density at radius 3 is 1.01 bits per heavy atom. The van der Waals surface area contributed by atoms with Crippen LogP contribution in [-0.4, -0.2) is 195 Å². The third kappa shape index (κ3) is 19.4. The van der Waals surface area contributed by atoms with Gasteiger partial charge in [-0.1, -0.05) is 19.0 Å². The summed E-state index contributed by atoms with van der Waals surface area (Å²) in [6, 6.07) is 11.9. The molecule has 72 heavy (non-hydrogen) atoms. The van der Waals surface area contributed by atoms with Gasteiger partial charge in [-0.2, -0.15) is 0 Å². The molecule has 0 saturated carbocycles. The fraction of sp³-hybridized carbons (Fsp3) is 0.500. The van der Waals surface area contributed by atoms with Crippen LogP contribution >= 0.6 is 11.6 Å². The highest BCUT2D eigenvalue weighted by molar-refractivity contribution is 6.45. The molecule has 0 amide bonds. The highest BCUT2D eigenvalue weighted by atomic mass is 35.5. The molecule has 4 aliphatic heterocycles. The Hall–Kier alpha value is -6.31. The first-order chi connectivity index (χ1) is 33.5. The number of pyridine rings is 4. The molecule has 0 radical (unpaired) electrons. The van der Waals surface area contributed by atoms with Crippen LogP contribution in [0.2, 0.25) is 25.6 Å². The van der Waals surface area contributed by atoms with E-state index in [1.807, 2.05) is 31.1 Å². The molecule has 394 valence electrons. The molecule has 4 aliphatic rings. The second-order valence-corrected chi connectivity index (χ2v) is 16.2. The highest BCUT2D eigenvalue weighted by Gasteiger charge is 2.29. The van der Waals surface area contributed by atoms with Crippen LogP contribution in [-0.2, 0) is 0 Å². The molecule has 0 aliphatic carbocycles. The number of nitrogens with one attached hydrogen (secondary N) is 2. The van der Waals surface area contributed by atoms with Crippen LogP contribution in [0.4, 0.5) is 44.9 Å². The second kappa shape index (κ2) is 31.9. The lowest BCUT2D eigenvalue weighted by Crippen LogP contribution is -2.51. The second-order valence-electron chi connectivity index (χ2n) is 15.8. The van der Waals surface area contributed by atoms with Gasteiger partial charge in [0.15, 0.2) is 0 Å². The third-order valence-electron chi connectivity index (χ3n) is 11.2. The fourth-order valence-corrected chi connectivity index (χ4v) is 7.57. The summed E-state index contributed by atoms with van der Waals surface area (Å²) in [5.41, 5.74) is -0.0189. The van der Waals surface area contributed by atoms with Crippen LogP contribution in [0.15, 0.2) is 73.3 Å². The van der Waals surface area contributed by atoms with Crippen LogP contribution in [0.25, 0.3) is 0 Å². The number of piperazine rings is 4. The first-order valence-corrected chi connectivity index (χ1v) is 22.8. The zero-order valence-corrected chi connectivity index (χ0v) is 40.4. The van der Waals surface area contributed by atoms with Crippen LogP contribution in [0.5, 0.6) is 0 Å². The van der Waals surface area contributed by atoms with Crippen molar-refractivity contribution in [2.75, 3.05) is 119 Å². The Morgan fingerprint density at radius 1 is 0.486 bits per heavy atom. The summed E-state index contributed by atoms with van der Waals surface area (Å²) in [6.45, 7) is 17.6. The molecular weight excluding hydrogens is 967 g/mol. The Labute approximate surface area is 424 Å². The van der Waals surface area contributed by atoms with Gasteiger partial charge in [0.2, 0.25) is 22.6 Å². The number of nitro groups is 4. The Bertz CT molecular complexity index is 2210. The normalized spacial score (nSPS) is 15.8. The molecule has 0 unspecified atom stereocenters. The van der Waals surface area contributed by atoms with Gasteiger partial charge in [0.25, 0.3) is 0 Å². The average Bonchev–Trinajstić information content (AvgIpc) is 3.37. The summed E-state index contributed by atoms with van der Waals surface area (Å²) in [4.78, 5) is 68.4. The van der Waals surface area contributed by atoms with Gasteiger partial charge in [-0.05, 0) is 44.7 Å². The van der Waals surface area contributed by atoms with E-state index in [2.05, 4.69) is 35.4 Å². The van der Waals surface area contributed by atoms with Gasteiger partial charge in [-0.3, -0.25) is 45.2 Å². The number of anilines is 3. The molecule has 8 rings (SSSR count). The standard InChI is InChI=1S/2C10H15BN4O3.C9H12N4O2.C5H13BN2O.C5H3ClN2O2.CH4.FH.H2/c2*1-11(16)14-7-5-13(6-8-14)10-9(15(17)18)3-2-4-12-10;14-13(15)8-2-1-3-11-9(8)12-6-4-10-5-7-12;1-6(9)8-4-2-7-3-5-8;6-5-4(8(9)10)2-1-3-7-5;;;/h2*2-4,16H,5-8H2,1H3;1-3,10H,4-7H2;7,9H,2-5H2,1H3;1-3H;1H4;2*1H. The Morgan fingerprint density at radius 2 is 0.750 bits per heavy atom. The SMILES string of the molecule is C.CB(O)N1CCN(c2ncccc2[N+](=O)[O-])CC1.CB(O)N1CCN(c2ncccc2[N+](=O)[O-])CC1.CB(O)N1CCNCC1.F.O=[N+]([O-])c1cccnc1Cl.O=[N+]([O-])c1cccnc1N1CCNCC1.[HH]. The lowest BCUT2D eigenvalue weighted by molar-refractivity contribution is -0.385. The van der Waals surface area contributed by atoms with Crippen molar-refractivity contribution in [2.45, 2.75) is 27.9 Å². The lowest BCUT2D eigenvalue weighted by Gasteiger charge is -2.35. The van der Waals surface area contributed by atoms with Crippen molar-refractivity contribution in [3.05, 3.63) is 119 Å². The van der Waals surface area contributed by atoms with Crippen LogP contribution in [0, 0.1) is 40.5 Å². The van der Waals surface area contributed by atoms with E-state index < -0.39 is 28.9 Å². The molecule has 27 nitrogen and oxygen atoms in total. The fourth-order valence-electron chi connectivity index (χ4n) is 7.38. The third-order valence-corrected chi connectivity index (χ3v) is 11.5. The van der Waals surface area contributed by atoms with Gasteiger partial charge < -0.3 is 54.8 Å². The van der Waals surface area contributed by atoms with Gasteiger partial charge in [-0.25, -0.2) is 19.9 Å². The van der Waals surface area contributed by atoms with Crippen molar-refractivity contribution in [3.8, 4) is 0 Å². The van der Waals surface area contributed by atoms with Gasteiger partial charge in [0.05, 0.1) is 19.7 Å². The number of hydrogen-bond acceptors (Lipinski definition) is 23. The van der Waals surface area contributed by atoms with E-state index in [1.165, 1.54) is 36.5 Å². The van der Waals surface area contributed by atoms with E-state index in [1.54, 1.807) is 50.4 Å². The first-order valence-electron chi connectivity index (χ1n) is 22.5. The number of hydrogen-bond donors (Lipinski definition) is 5. The van der Waals surface area contributed by atoms with Crippen LogP contribution in [0.3, 0.4) is 0 Å². The minimum atomic E-state index is -0.574. The van der Waals surface area contributed by atoms with Crippen molar-refractivity contribution in [2.24, 2.45) is 0 Å². The average molecular weight is 1030 g/mol. The minimum absolute atomic E-state index is 0. The minimum Gasteiger partial charge on any atom is -0.437 e. The summed E-state index contributed by atoms with van der Waals surface area (Å²) in [5.74, 6) is 1.30. The van der Waals surface area contributed by atoms with Gasteiger partial charge in [-0.15, -0.1) is 0 Å². The maximum atomic E-state index is 10.9. The zero-order chi connectivity index (χ0) is 51.2. The summed E-state index contributed by atoms with van der Waals surface area (Å²) in [7, 11) is -1.23. The molecular formula is C40H65B3ClFN16O11. The van der Waals surface area contributed by atoms with Crippen molar-refractivity contribution in [3.63, 3.8) is 0 Å². The molecule has 0 spiro atoms. The summed E-state index contributed by atoms with van der Waals surface area (Å²) >= 11 is 5.37. The van der Waals surface area contributed by atoms with E-state index in [0.29, 0.717) is 69.8 Å². The summed E-state index contributed by atoms with van der Waals surface area (Å²) < 4.78 is 0. The molecule has 0 aromatic carbocycles. The molecule has 4 aromatic rings. The van der Waals surface area contributed by atoms with E-state index in [9.17, 15) is 50.5 Å². The summed E-state index contributed by atoms with van der Waals surface area (Å²) in [6.07, 6.45) is 6.10. The number of halogens is 2. The lowest BCUT2D eigenvalue weighted by atomic mass is 9.84. The molecule has 8 heterocycles. The predicted molar refractivity (Wildman–Crippen MR) is 279 cm³/mol. The Balaban J connectivity index is 0.000000462. The number of aromatic nitrogens is 4. The molecule has 4 fully saturated rings. The van der Waals surface area contributed by atoms with E-state index in [0.717, 1.165) is 52.4 Å². The van der Waals surface area contributed by atoms with Gasteiger partial charge in [0.1, 0.15) is 0 Å². The number of nitrogens with zero attached hydrogens (tertiary/aromatic N) is 14. The van der Waals surface area contributed by atoms with Gasteiger partial charge >= 0.3 is 43.9 Å². The highest BCUT2D eigenvalue weighted by Crippen LogP contribution is 2.28. The van der Waals surface area contributed by atoms with E-state index in [-0.39, 0.29) is 53.4 Å². The first kappa shape index (κ1) is 61.8. The quantitative estimate of drug-likeness (QED) is 0.0659. The van der Waals surface area contributed by atoms with Crippen molar-refractivity contribution in [1.82, 2.24) is 45.0 Å². The molecule has 0 bridgehead atoms. The molecule has 5 N–H and O–H groups in total. The van der Waals surface area contributed by atoms with E-state index >= 15 is 0 Å². The predicted octanol–water partition coefficient (Wildman–Crippen LogP) is 2.52. The van der Waals surface area contributed by atoms with Gasteiger partial charge in [0, 0.05) is 155 Å². The van der Waals surface area contributed by atoms with Crippen molar-refractivity contribution in [1.29, 1.82) is 0 Å². The molecule has 4 aromatic heterocycles.